The maximum atomic E-state index is 12.7. The van der Waals surface area contributed by atoms with E-state index in [1.807, 2.05) is 12.1 Å². The van der Waals surface area contributed by atoms with Crippen LogP contribution >= 0.6 is 24.4 Å². The molecule has 0 spiro atoms. The number of benzene rings is 2. The number of aryl methyl sites for hydroxylation is 2. The van der Waals surface area contributed by atoms with Crippen molar-refractivity contribution < 1.29 is 46.7 Å². The van der Waals surface area contributed by atoms with Gasteiger partial charge in [0.15, 0.2) is 22.2 Å². The summed E-state index contributed by atoms with van der Waals surface area (Å²) in [4.78, 5) is 12.2. The maximum absolute atomic E-state index is 12.7. The molecule has 0 atom stereocenters. The van der Waals surface area contributed by atoms with E-state index in [-0.39, 0.29) is 35.5 Å². The first-order chi connectivity index (χ1) is 16.3. The summed E-state index contributed by atoms with van der Waals surface area (Å²) in [5, 5.41) is 29.4. The van der Waals surface area contributed by atoms with Gasteiger partial charge in [-0.1, -0.05) is 16.1 Å². The van der Waals surface area contributed by atoms with Crippen molar-refractivity contribution in [2.24, 2.45) is 0 Å². The molecule has 0 aliphatic carbocycles. The summed E-state index contributed by atoms with van der Waals surface area (Å²) in [6.07, 6.45) is 0.856. The first-order valence-electron chi connectivity index (χ1n) is 9.65. The van der Waals surface area contributed by atoms with Crippen molar-refractivity contribution in [3.63, 3.8) is 0 Å². The summed E-state index contributed by atoms with van der Waals surface area (Å²) in [6, 6.07) is 9.96. The molecule has 0 heterocycles. The Morgan fingerprint density at radius 3 is 2.44 bits per heavy atom. The van der Waals surface area contributed by atoms with Crippen LogP contribution in [0.4, 0.5) is 11.4 Å². The molecule has 0 unspecified atom stereocenters. The summed E-state index contributed by atoms with van der Waals surface area (Å²) in [5.41, 5.74) is 2.91. The van der Waals surface area contributed by atoms with Crippen molar-refractivity contribution >= 4 is 51.5 Å². The molecule has 34 heavy (non-hydrogen) atoms. The quantitative estimate of drug-likeness (QED) is 0.113. The van der Waals surface area contributed by atoms with Gasteiger partial charge < -0.3 is 10.6 Å². The van der Waals surface area contributed by atoms with E-state index in [1.54, 1.807) is 13.1 Å². The number of hydrogen-bond donors (Lipinski definition) is 4. The van der Waals surface area contributed by atoms with Gasteiger partial charge in [-0.05, 0) is 54.3 Å². The third-order valence-corrected chi connectivity index (χ3v) is 7.22. The second kappa shape index (κ2) is 14.5. The zero-order valence-electron chi connectivity index (χ0n) is 18.2. The zero-order valence-corrected chi connectivity index (χ0v) is 20.6. The molecular formula is C19H24N2O10S3. The topological polar surface area (TPSA) is 162 Å². The molecule has 2 aromatic rings. The van der Waals surface area contributed by atoms with Gasteiger partial charge in [0.25, 0.3) is 0 Å². The van der Waals surface area contributed by atoms with Gasteiger partial charge in [-0.2, -0.15) is 0 Å². The Labute approximate surface area is 205 Å². The van der Waals surface area contributed by atoms with Crippen LogP contribution in [0.5, 0.6) is 0 Å². The highest BCUT2D eigenvalue weighted by molar-refractivity contribution is 7.94. The van der Waals surface area contributed by atoms with E-state index in [0.717, 1.165) is 23.3 Å². The van der Waals surface area contributed by atoms with E-state index >= 15 is 0 Å². The molecule has 0 radical (unpaired) electrons. The van der Waals surface area contributed by atoms with Crippen LogP contribution in [0.25, 0.3) is 0 Å². The number of carbonyl (C=O) groups excluding carboxylic acids is 1. The summed E-state index contributed by atoms with van der Waals surface area (Å²) in [6.45, 7) is 1.19. The van der Waals surface area contributed by atoms with Gasteiger partial charge in [-0.25, -0.2) is 18.9 Å². The highest BCUT2D eigenvalue weighted by Crippen LogP contribution is 2.29. The molecule has 0 saturated heterocycles. The second-order valence-electron chi connectivity index (χ2n) is 6.65. The van der Waals surface area contributed by atoms with Crippen LogP contribution in [0.2, 0.25) is 0 Å². The molecule has 0 saturated carbocycles. The van der Waals surface area contributed by atoms with Crippen LogP contribution in [0.15, 0.2) is 46.2 Å². The van der Waals surface area contributed by atoms with Gasteiger partial charge in [0, 0.05) is 30.2 Å². The van der Waals surface area contributed by atoms with Crippen molar-refractivity contribution in [3.8, 4) is 0 Å². The molecule has 15 heteroatoms. The number of sulfone groups is 1. The van der Waals surface area contributed by atoms with E-state index in [0.29, 0.717) is 29.0 Å². The van der Waals surface area contributed by atoms with Crippen molar-refractivity contribution in [2.45, 2.75) is 29.6 Å². The predicted octanol–water partition coefficient (Wildman–Crippen LogP) is 3.67. The highest BCUT2D eigenvalue weighted by atomic mass is 32.2. The molecule has 2 rings (SSSR count). The molecule has 2 aromatic carbocycles. The fourth-order valence-electron chi connectivity index (χ4n) is 2.93. The monoisotopic (exact) mass is 536 g/mol. The first kappa shape index (κ1) is 28.3. The lowest BCUT2D eigenvalue weighted by atomic mass is 10.0. The summed E-state index contributed by atoms with van der Waals surface area (Å²) >= 11 is 1.01. The van der Waals surface area contributed by atoms with Gasteiger partial charge >= 0.3 is 0 Å². The van der Waals surface area contributed by atoms with Crippen LogP contribution in [0, 0.1) is 0 Å². The molecule has 1 amide bonds. The molecule has 0 bridgehead atoms. The number of amides is 1. The van der Waals surface area contributed by atoms with E-state index in [9.17, 15) is 13.2 Å². The molecule has 0 fully saturated rings. The average Bonchev–Trinajstić information content (AvgIpc) is 2.81. The number of carbonyl (C=O) groups is 1. The van der Waals surface area contributed by atoms with Crippen LogP contribution in [0.1, 0.15) is 18.1 Å². The Morgan fingerprint density at radius 2 is 1.76 bits per heavy atom. The standard InChI is InChI=1S/C19H24N2O10S3/c1-13(22)21-18-12-16(20-2)6-5-14(18)3-4-15-11-17(7-8-19(15)32-30-28-23)34(25,26)10-9-27-33-31-29-24/h5-8,11-12,20,23-24H,3-4,9-10H2,1-2H3,(H,21,22). The number of nitrogens with one attached hydrogen (secondary N) is 2. The number of rotatable bonds is 15. The minimum atomic E-state index is -3.72. The minimum Gasteiger partial charge on any atom is -0.388 e. The minimum absolute atomic E-state index is 0.0531. The highest BCUT2D eigenvalue weighted by Gasteiger charge is 2.18. The Morgan fingerprint density at radius 1 is 1.03 bits per heavy atom. The van der Waals surface area contributed by atoms with E-state index in [4.69, 9.17) is 14.7 Å². The van der Waals surface area contributed by atoms with Crippen molar-refractivity contribution in [3.05, 3.63) is 47.5 Å². The molecule has 4 N–H and O–H groups in total. The summed E-state index contributed by atoms with van der Waals surface area (Å²) in [7, 11) is -1.95. The molecule has 188 valence electrons. The van der Waals surface area contributed by atoms with Crippen LogP contribution < -0.4 is 10.6 Å². The maximum Gasteiger partial charge on any atom is 0.221 e. The molecule has 0 aliphatic rings. The van der Waals surface area contributed by atoms with Gasteiger partial charge in [0.2, 0.25) is 5.91 Å². The Hall–Kier alpha value is -1.92. The third kappa shape index (κ3) is 9.03. The molecule has 0 aliphatic heterocycles. The predicted molar refractivity (Wildman–Crippen MR) is 125 cm³/mol. The molecule has 12 nitrogen and oxygen atoms in total. The van der Waals surface area contributed by atoms with E-state index < -0.39 is 9.84 Å². The lowest BCUT2D eigenvalue weighted by Gasteiger charge is -2.14. The average molecular weight is 537 g/mol. The largest absolute Gasteiger partial charge is 0.388 e. The summed E-state index contributed by atoms with van der Waals surface area (Å²) < 4.78 is 38.8. The van der Waals surface area contributed by atoms with Gasteiger partial charge in [-0.3, -0.25) is 8.98 Å². The second-order valence-corrected chi connectivity index (χ2v) is 10.0. The fourth-order valence-corrected chi connectivity index (χ4v) is 4.88. The smallest absolute Gasteiger partial charge is 0.221 e. The lowest BCUT2D eigenvalue weighted by molar-refractivity contribution is -0.434. The number of anilines is 2. The first-order valence-corrected chi connectivity index (χ1v) is 12.7. The van der Waals surface area contributed by atoms with E-state index in [2.05, 4.69) is 29.4 Å². The fraction of sp³-hybridized carbons (Fsp3) is 0.316. The van der Waals surface area contributed by atoms with Crippen LogP contribution in [-0.2, 0) is 50.4 Å². The Balaban J connectivity index is 2.24. The van der Waals surface area contributed by atoms with Gasteiger partial charge in [0.1, 0.15) is 0 Å². The van der Waals surface area contributed by atoms with E-state index in [1.165, 1.54) is 25.1 Å². The van der Waals surface area contributed by atoms with Gasteiger partial charge in [-0.15, -0.1) is 8.67 Å². The van der Waals surface area contributed by atoms with Crippen molar-refractivity contribution in [1.82, 2.24) is 0 Å². The SMILES string of the molecule is CNc1ccc(CCc2cc(S(=O)(=O)CCOSOOO)ccc2SOOO)c(NC(C)=O)c1. The van der Waals surface area contributed by atoms with Gasteiger partial charge in [0.05, 0.1) is 29.3 Å². The lowest BCUT2D eigenvalue weighted by Crippen LogP contribution is -2.12. The number of hydrogen-bond acceptors (Lipinski definition) is 13. The zero-order chi connectivity index (χ0) is 25.0. The van der Waals surface area contributed by atoms with Crippen molar-refractivity contribution in [1.29, 1.82) is 0 Å². The molecular weight excluding hydrogens is 512 g/mol. The van der Waals surface area contributed by atoms with Crippen LogP contribution in [0.3, 0.4) is 0 Å². The normalized spacial score (nSPS) is 11.4. The Bertz CT molecular complexity index is 1050. The third-order valence-electron chi connectivity index (χ3n) is 4.46. The van der Waals surface area contributed by atoms with Crippen molar-refractivity contribution in [2.75, 3.05) is 30.0 Å². The Kier molecular flexibility index (Phi) is 12.1. The van der Waals surface area contributed by atoms with Crippen LogP contribution in [-0.4, -0.2) is 44.2 Å². The molecule has 0 aromatic heterocycles. The summed E-state index contributed by atoms with van der Waals surface area (Å²) in [5.74, 6) is -0.571.